The van der Waals surface area contributed by atoms with Gasteiger partial charge >= 0.3 is 0 Å². The number of hydrogen-bond donors (Lipinski definition) is 2. The lowest BCUT2D eigenvalue weighted by Gasteiger charge is -2.52. The maximum atomic E-state index is 13.6. The Labute approximate surface area is 251 Å². The highest BCUT2D eigenvalue weighted by Gasteiger charge is 2.54. The number of aryl methyl sites for hydroxylation is 3. The van der Waals surface area contributed by atoms with Gasteiger partial charge in [0.15, 0.2) is 0 Å². The number of benzene rings is 1. The summed E-state index contributed by atoms with van der Waals surface area (Å²) < 4.78 is 2.11. The molecule has 224 valence electrons. The first-order chi connectivity index (χ1) is 18.2. The minimum Gasteiger partial charge on any atom is -0.390 e. The number of nitrogens with zero attached hydrogens (tertiary/aromatic N) is 4. The molecule has 0 saturated carbocycles. The van der Waals surface area contributed by atoms with Crippen LogP contribution in [-0.4, -0.2) is 73.8 Å². The van der Waals surface area contributed by atoms with E-state index < -0.39 is 17.7 Å². The van der Waals surface area contributed by atoms with Crippen molar-refractivity contribution >= 4 is 36.6 Å². The Kier molecular flexibility index (Phi) is 12.5. The van der Waals surface area contributed by atoms with E-state index in [-0.39, 0.29) is 42.5 Å². The first kappa shape index (κ1) is 34.1. The van der Waals surface area contributed by atoms with Crippen LogP contribution in [0.25, 0.3) is 0 Å². The maximum absolute atomic E-state index is 13.6. The molecular formula is C30H47Cl2N5O3. The van der Waals surface area contributed by atoms with Crippen molar-refractivity contribution in [3.05, 3.63) is 52.8 Å². The monoisotopic (exact) mass is 595 g/mol. The number of unbranched alkanes of at least 4 members (excludes halogenated alkanes) is 1. The highest BCUT2D eigenvalue weighted by Crippen LogP contribution is 2.35. The van der Waals surface area contributed by atoms with Crippen LogP contribution in [0.2, 0.25) is 0 Å². The molecule has 8 nitrogen and oxygen atoms in total. The quantitative estimate of drug-likeness (QED) is 0.432. The molecule has 4 rings (SSSR count). The van der Waals surface area contributed by atoms with Crippen LogP contribution in [0.5, 0.6) is 0 Å². The number of halogens is 2. The van der Waals surface area contributed by atoms with Crippen molar-refractivity contribution in [1.29, 1.82) is 0 Å². The Morgan fingerprint density at radius 2 is 1.73 bits per heavy atom. The van der Waals surface area contributed by atoms with E-state index in [0.29, 0.717) is 19.4 Å². The minimum atomic E-state index is -0.891. The lowest BCUT2D eigenvalue weighted by atomic mass is 9.80. The third-order valence-corrected chi connectivity index (χ3v) is 8.57. The van der Waals surface area contributed by atoms with Gasteiger partial charge in [-0.1, -0.05) is 57.5 Å². The number of carbonyl (C=O) groups excluding carboxylic acids is 2. The third kappa shape index (κ3) is 7.01. The molecule has 0 aliphatic carbocycles. The minimum absolute atomic E-state index is 0. The van der Waals surface area contributed by atoms with Crippen molar-refractivity contribution in [1.82, 2.24) is 24.9 Å². The summed E-state index contributed by atoms with van der Waals surface area (Å²) in [7, 11) is 0. The van der Waals surface area contributed by atoms with Gasteiger partial charge in [0.2, 0.25) is 11.8 Å². The molecule has 0 radical (unpaired) electrons. The fourth-order valence-corrected chi connectivity index (χ4v) is 5.96. The highest BCUT2D eigenvalue weighted by molar-refractivity contribution is 6.00. The van der Waals surface area contributed by atoms with Gasteiger partial charge in [0.1, 0.15) is 11.6 Å². The van der Waals surface area contributed by atoms with Crippen LogP contribution in [0, 0.1) is 19.8 Å². The number of piperazine rings is 1. The number of aliphatic hydroxyl groups excluding tert-OH is 1. The standard InChI is InChI=1S/C30H45N5O3.2ClH/c1-6-7-16-34-28(37)26(27(36)21(2)3)31-29(38)30(34)14-18-33(19-15-30)20-25-22(4)32-35(23(25)5)17-13-24-11-9-8-10-12-24;;/h8-12,21,26-27,36H,6-7,13-20H2,1-5H3,(H,31,38);2*1H/t26-,27-;;/m1../s1. The smallest absolute Gasteiger partial charge is 0.248 e. The zero-order chi connectivity index (χ0) is 27.4. The predicted octanol–water partition coefficient (Wildman–Crippen LogP) is 4.06. The fourth-order valence-electron chi connectivity index (χ4n) is 5.96. The first-order valence-corrected chi connectivity index (χ1v) is 14.3. The van der Waals surface area contributed by atoms with Crippen molar-refractivity contribution in [2.75, 3.05) is 19.6 Å². The largest absolute Gasteiger partial charge is 0.390 e. The number of likely N-dealkylation sites (tertiary alicyclic amines) is 1. The SMILES string of the molecule is CCCCN1C(=O)[C@@H]([C@H](O)C(C)C)NC(=O)C12CCN(Cc1c(C)nn(CCc3ccccc3)c1C)CC2.Cl.Cl. The van der Waals surface area contributed by atoms with Crippen LogP contribution in [0.3, 0.4) is 0 Å². The van der Waals surface area contributed by atoms with Crippen molar-refractivity contribution in [2.45, 2.75) is 97.5 Å². The molecule has 3 heterocycles. The van der Waals surface area contributed by atoms with Crippen molar-refractivity contribution in [2.24, 2.45) is 5.92 Å². The zero-order valence-electron chi connectivity index (χ0n) is 24.6. The number of aromatic nitrogens is 2. The second-order valence-corrected chi connectivity index (χ2v) is 11.4. The lowest BCUT2D eigenvalue weighted by molar-refractivity contribution is -0.165. The van der Waals surface area contributed by atoms with Gasteiger partial charge in [-0.25, -0.2) is 0 Å². The van der Waals surface area contributed by atoms with Crippen molar-refractivity contribution in [3.63, 3.8) is 0 Å². The average Bonchev–Trinajstić information content (AvgIpc) is 3.18. The molecule has 0 unspecified atom stereocenters. The second-order valence-electron chi connectivity index (χ2n) is 11.4. The van der Waals surface area contributed by atoms with Gasteiger partial charge in [0, 0.05) is 44.0 Å². The fraction of sp³-hybridized carbons (Fsp3) is 0.633. The van der Waals surface area contributed by atoms with Crippen LogP contribution >= 0.6 is 24.8 Å². The summed E-state index contributed by atoms with van der Waals surface area (Å²) in [5.41, 5.74) is 3.97. The van der Waals surface area contributed by atoms with E-state index in [0.717, 1.165) is 51.1 Å². The van der Waals surface area contributed by atoms with Gasteiger partial charge in [-0.3, -0.25) is 19.2 Å². The van der Waals surface area contributed by atoms with E-state index in [1.807, 2.05) is 19.9 Å². The molecule has 1 aromatic carbocycles. The number of rotatable bonds is 10. The molecule has 2 N–H and O–H groups in total. The summed E-state index contributed by atoms with van der Waals surface area (Å²) in [6.07, 6.45) is 3.03. The second kappa shape index (κ2) is 14.7. The molecule has 1 spiro atoms. The summed E-state index contributed by atoms with van der Waals surface area (Å²) in [6, 6.07) is 9.62. The Hall–Kier alpha value is -2.13. The Morgan fingerprint density at radius 3 is 2.33 bits per heavy atom. The van der Waals surface area contributed by atoms with Gasteiger partial charge in [-0.05, 0) is 51.0 Å². The van der Waals surface area contributed by atoms with E-state index in [4.69, 9.17) is 5.10 Å². The van der Waals surface area contributed by atoms with Crippen molar-refractivity contribution in [3.8, 4) is 0 Å². The molecule has 0 bridgehead atoms. The van der Waals surface area contributed by atoms with Gasteiger partial charge in [-0.2, -0.15) is 5.10 Å². The highest BCUT2D eigenvalue weighted by atomic mass is 35.5. The topological polar surface area (TPSA) is 90.7 Å². The van der Waals surface area contributed by atoms with E-state index >= 15 is 0 Å². The number of carbonyl (C=O) groups is 2. The van der Waals surface area contributed by atoms with E-state index in [1.165, 1.54) is 16.8 Å². The predicted molar refractivity (Wildman–Crippen MR) is 163 cm³/mol. The summed E-state index contributed by atoms with van der Waals surface area (Å²) in [5, 5.41) is 18.4. The van der Waals surface area contributed by atoms with E-state index in [1.54, 1.807) is 4.90 Å². The molecular weight excluding hydrogens is 549 g/mol. The third-order valence-electron chi connectivity index (χ3n) is 8.57. The Balaban J connectivity index is 0.00000280. The van der Waals surface area contributed by atoms with Crippen LogP contribution < -0.4 is 5.32 Å². The van der Waals surface area contributed by atoms with Crippen LogP contribution in [0.4, 0.5) is 0 Å². The van der Waals surface area contributed by atoms with Gasteiger partial charge in [-0.15, -0.1) is 24.8 Å². The molecule has 2 amide bonds. The molecule has 10 heteroatoms. The van der Waals surface area contributed by atoms with Gasteiger partial charge < -0.3 is 15.3 Å². The van der Waals surface area contributed by atoms with Crippen LogP contribution in [0.1, 0.15) is 69.0 Å². The molecule has 1 aromatic heterocycles. The van der Waals surface area contributed by atoms with E-state index in [2.05, 4.69) is 59.9 Å². The molecule has 2 aliphatic rings. The average molecular weight is 597 g/mol. The molecule has 2 aromatic rings. The number of nitrogens with one attached hydrogen (secondary N) is 1. The number of aliphatic hydroxyl groups is 1. The summed E-state index contributed by atoms with van der Waals surface area (Å²) in [5.74, 6) is -0.369. The summed E-state index contributed by atoms with van der Waals surface area (Å²) in [4.78, 5) is 31.3. The molecule has 2 saturated heterocycles. The molecule has 2 aliphatic heterocycles. The molecule has 40 heavy (non-hydrogen) atoms. The first-order valence-electron chi connectivity index (χ1n) is 14.3. The van der Waals surface area contributed by atoms with Crippen LogP contribution in [0.15, 0.2) is 30.3 Å². The Morgan fingerprint density at radius 1 is 1.07 bits per heavy atom. The summed E-state index contributed by atoms with van der Waals surface area (Å²) >= 11 is 0. The molecule has 2 fully saturated rings. The van der Waals surface area contributed by atoms with Crippen molar-refractivity contribution < 1.29 is 14.7 Å². The maximum Gasteiger partial charge on any atom is 0.248 e. The normalized spacial score (nSPS) is 19.8. The number of piperidine rings is 1. The number of hydrogen-bond acceptors (Lipinski definition) is 5. The Bertz CT molecular complexity index is 1120. The molecule has 2 atom stereocenters. The number of amides is 2. The van der Waals surface area contributed by atoms with E-state index in [9.17, 15) is 14.7 Å². The summed E-state index contributed by atoms with van der Waals surface area (Å²) in [6.45, 7) is 13.7. The van der Waals surface area contributed by atoms with Gasteiger partial charge in [0.05, 0.1) is 11.8 Å². The zero-order valence-corrected chi connectivity index (χ0v) is 26.2. The van der Waals surface area contributed by atoms with Crippen LogP contribution in [-0.2, 0) is 29.1 Å². The van der Waals surface area contributed by atoms with Gasteiger partial charge in [0.25, 0.3) is 0 Å². The lowest BCUT2D eigenvalue weighted by Crippen LogP contribution is -2.74.